The average Bonchev–Trinajstić information content (AvgIpc) is 2.68. The Morgan fingerprint density at radius 2 is 1.89 bits per heavy atom. The fourth-order valence-corrected chi connectivity index (χ4v) is 2.74. The fourth-order valence-electron chi connectivity index (χ4n) is 2.74. The fraction of sp³-hybridized carbons (Fsp3) is 0.190. The molecule has 3 rings (SSSR count). The van der Waals surface area contributed by atoms with Crippen LogP contribution in [0, 0.1) is 12.7 Å². The van der Waals surface area contributed by atoms with Crippen LogP contribution in [0.1, 0.15) is 28.5 Å². The number of benzene rings is 2. The highest BCUT2D eigenvalue weighted by Gasteiger charge is 2.18. The van der Waals surface area contributed by atoms with Crippen molar-refractivity contribution in [1.29, 1.82) is 0 Å². The van der Waals surface area contributed by atoms with Crippen molar-refractivity contribution in [3.63, 3.8) is 0 Å². The van der Waals surface area contributed by atoms with Crippen molar-refractivity contribution in [2.45, 2.75) is 20.4 Å². The van der Waals surface area contributed by atoms with Crippen molar-refractivity contribution in [2.24, 2.45) is 0 Å². The van der Waals surface area contributed by atoms with Gasteiger partial charge in [0.25, 0.3) is 5.91 Å². The third-order valence-electron chi connectivity index (χ3n) is 4.15. The van der Waals surface area contributed by atoms with Gasteiger partial charge in [-0.15, -0.1) is 0 Å². The molecule has 3 aromatic rings. The number of hydrogen-bond donors (Lipinski definition) is 1. The third kappa shape index (κ3) is 4.67. The monoisotopic (exact) mass is 364 g/mol. The molecule has 0 aliphatic rings. The number of aromatic nitrogens is 2. The highest BCUT2D eigenvalue weighted by molar-refractivity contribution is 6.05. The molecule has 6 heteroatoms. The lowest BCUT2D eigenvalue weighted by Crippen LogP contribution is -2.31. The molecule has 2 aromatic carbocycles. The lowest BCUT2D eigenvalue weighted by atomic mass is 10.2. The van der Waals surface area contributed by atoms with Crippen LogP contribution in [0.15, 0.2) is 60.9 Å². The molecule has 0 unspecified atom stereocenters. The van der Waals surface area contributed by atoms with Crippen LogP contribution in [-0.2, 0) is 6.54 Å². The Labute approximate surface area is 157 Å². The number of rotatable bonds is 6. The van der Waals surface area contributed by atoms with E-state index in [9.17, 15) is 9.18 Å². The summed E-state index contributed by atoms with van der Waals surface area (Å²) >= 11 is 0. The van der Waals surface area contributed by atoms with E-state index < -0.39 is 0 Å². The van der Waals surface area contributed by atoms with Crippen molar-refractivity contribution in [3.05, 3.63) is 83.6 Å². The standard InChI is InChI=1S/C21H21FN4O/c1-3-26(18-6-4-5-15(2)11-18)21(27)19-12-20(25-14-24-19)23-13-16-7-9-17(22)10-8-16/h4-12,14H,3,13H2,1-2H3,(H,23,24,25). The van der Waals surface area contributed by atoms with Crippen LogP contribution in [0.4, 0.5) is 15.9 Å². The van der Waals surface area contributed by atoms with Gasteiger partial charge in [-0.25, -0.2) is 14.4 Å². The Bertz CT molecular complexity index is 927. The van der Waals surface area contributed by atoms with Crippen LogP contribution in [0.25, 0.3) is 0 Å². The zero-order valence-corrected chi connectivity index (χ0v) is 15.3. The van der Waals surface area contributed by atoms with E-state index >= 15 is 0 Å². The lowest BCUT2D eigenvalue weighted by molar-refractivity contribution is 0.0983. The predicted molar refractivity (Wildman–Crippen MR) is 104 cm³/mol. The molecule has 0 bridgehead atoms. The molecule has 0 saturated heterocycles. The van der Waals surface area contributed by atoms with Gasteiger partial charge < -0.3 is 10.2 Å². The number of amides is 1. The van der Waals surface area contributed by atoms with Gasteiger partial charge in [-0.05, 0) is 49.2 Å². The Kier molecular flexibility index (Phi) is 5.76. The van der Waals surface area contributed by atoms with Gasteiger partial charge >= 0.3 is 0 Å². The Morgan fingerprint density at radius 3 is 2.59 bits per heavy atom. The SMILES string of the molecule is CCN(C(=O)c1cc(NCc2ccc(F)cc2)ncn1)c1cccc(C)c1. The first-order valence-corrected chi connectivity index (χ1v) is 8.75. The molecular weight excluding hydrogens is 343 g/mol. The lowest BCUT2D eigenvalue weighted by Gasteiger charge is -2.21. The molecule has 1 heterocycles. The number of carbonyl (C=O) groups is 1. The molecule has 0 saturated carbocycles. The number of nitrogens with zero attached hydrogens (tertiary/aromatic N) is 3. The van der Waals surface area contributed by atoms with Gasteiger partial charge in [0.2, 0.25) is 0 Å². The van der Waals surface area contributed by atoms with E-state index in [0.717, 1.165) is 16.8 Å². The topological polar surface area (TPSA) is 58.1 Å². The van der Waals surface area contributed by atoms with Gasteiger partial charge in [0.15, 0.2) is 0 Å². The second-order valence-corrected chi connectivity index (χ2v) is 6.16. The summed E-state index contributed by atoms with van der Waals surface area (Å²) < 4.78 is 13.0. The maximum atomic E-state index is 13.0. The van der Waals surface area contributed by atoms with Gasteiger partial charge in [0.05, 0.1) is 0 Å². The van der Waals surface area contributed by atoms with E-state index in [4.69, 9.17) is 0 Å². The molecule has 27 heavy (non-hydrogen) atoms. The first-order chi connectivity index (χ1) is 13.1. The molecule has 0 aliphatic carbocycles. The molecule has 0 aliphatic heterocycles. The minimum Gasteiger partial charge on any atom is -0.366 e. The second kappa shape index (κ2) is 8.40. The molecule has 0 fully saturated rings. The van der Waals surface area contributed by atoms with E-state index in [1.54, 1.807) is 23.1 Å². The number of carbonyl (C=O) groups excluding carboxylic acids is 1. The van der Waals surface area contributed by atoms with Crippen LogP contribution in [0.2, 0.25) is 0 Å². The summed E-state index contributed by atoms with van der Waals surface area (Å²) in [5, 5.41) is 3.14. The molecule has 1 aromatic heterocycles. The van der Waals surface area contributed by atoms with Crippen molar-refractivity contribution < 1.29 is 9.18 Å². The average molecular weight is 364 g/mol. The number of halogens is 1. The maximum absolute atomic E-state index is 13.0. The van der Waals surface area contributed by atoms with E-state index in [1.807, 2.05) is 38.1 Å². The van der Waals surface area contributed by atoms with Gasteiger partial charge in [0.1, 0.15) is 23.7 Å². The van der Waals surface area contributed by atoms with Crippen molar-refractivity contribution in [2.75, 3.05) is 16.8 Å². The Morgan fingerprint density at radius 1 is 1.11 bits per heavy atom. The summed E-state index contributed by atoms with van der Waals surface area (Å²) in [5.41, 5.74) is 3.15. The number of anilines is 2. The highest BCUT2D eigenvalue weighted by atomic mass is 19.1. The smallest absolute Gasteiger partial charge is 0.277 e. The number of nitrogens with one attached hydrogen (secondary N) is 1. The largest absolute Gasteiger partial charge is 0.366 e. The molecule has 0 atom stereocenters. The molecule has 1 N–H and O–H groups in total. The van der Waals surface area contributed by atoms with E-state index in [0.29, 0.717) is 24.6 Å². The number of aryl methyl sites for hydroxylation is 1. The maximum Gasteiger partial charge on any atom is 0.277 e. The minimum atomic E-state index is -0.274. The normalized spacial score (nSPS) is 10.5. The summed E-state index contributed by atoms with van der Waals surface area (Å²) in [6, 6.07) is 15.6. The van der Waals surface area contributed by atoms with E-state index in [2.05, 4.69) is 15.3 Å². The van der Waals surface area contributed by atoms with Crippen molar-refractivity contribution >= 4 is 17.4 Å². The van der Waals surface area contributed by atoms with Crippen LogP contribution < -0.4 is 10.2 Å². The molecule has 138 valence electrons. The van der Waals surface area contributed by atoms with Gasteiger partial charge in [0, 0.05) is 24.8 Å². The molecule has 0 radical (unpaired) electrons. The van der Waals surface area contributed by atoms with Gasteiger partial charge in [-0.1, -0.05) is 24.3 Å². The zero-order chi connectivity index (χ0) is 19.2. The van der Waals surface area contributed by atoms with Gasteiger partial charge in [-0.3, -0.25) is 4.79 Å². The van der Waals surface area contributed by atoms with Crippen molar-refractivity contribution in [1.82, 2.24) is 9.97 Å². The Hall–Kier alpha value is -3.28. The van der Waals surface area contributed by atoms with Crippen LogP contribution in [0.3, 0.4) is 0 Å². The molecule has 5 nitrogen and oxygen atoms in total. The minimum absolute atomic E-state index is 0.185. The van der Waals surface area contributed by atoms with Gasteiger partial charge in [-0.2, -0.15) is 0 Å². The predicted octanol–water partition coefficient (Wildman–Crippen LogP) is 4.20. The summed E-state index contributed by atoms with van der Waals surface area (Å²) in [6.45, 7) is 4.92. The Balaban J connectivity index is 1.75. The van der Waals surface area contributed by atoms with E-state index in [1.165, 1.54) is 18.5 Å². The summed E-state index contributed by atoms with van der Waals surface area (Å²) in [4.78, 5) is 22.9. The summed E-state index contributed by atoms with van der Waals surface area (Å²) in [6.07, 6.45) is 1.37. The van der Waals surface area contributed by atoms with Crippen molar-refractivity contribution in [3.8, 4) is 0 Å². The second-order valence-electron chi connectivity index (χ2n) is 6.16. The molecular formula is C21H21FN4O. The quantitative estimate of drug-likeness (QED) is 0.712. The van der Waals surface area contributed by atoms with Crippen LogP contribution >= 0.6 is 0 Å². The summed E-state index contributed by atoms with van der Waals surface area (Å²) in [5.74, 6) is 0.0813. The first-order valence-electron chi connectivity index (χ1n) is 8.75. The molecule has 1 amide bonds. The molecule has 0 spiro atoms. The summed E-state index contributed by atoms with van der Waals surface area (Å²) in [7, 11) is 0. The van der Waals surface area contributed by atoms with E-state index in [-0.39, 0.29) is 11.7 Å². The number of hydrogen-bond acceptors (Lipinski definition) is 4. The third-order valence-corrected chi connectivity index (χ3v) is 4.15. The first kappa shape index (κ1) is 18.5. The zero-order valence-electron chi connectivity index (χ0n) is 15.3. The highest BCUT2D eigenvalue weighted by Crippen LogP contribution is 2.18. The van der Waals surface area contributed by atoms with Crippen LogP contribution in [0.5, 0.6) is 0 Å². The van der Waals surface area contributed by atoms with Crippen LogP contribution in [-0.4, -0.2) is 22.4 Å².